The zero-order chi connectivity index (χ0) is 15.4. The third kappa shape index (κ3) is 3.58. The van der Waals surface area contributed by atoms with Gasteiger partial charge < -0.3 is 10.0 Å². The van der Waals surface area contributed by atoms with Crippen molar-refractivity contribution in [3.8, 4) is 0 Å². The molecular weight excluding hydrogens is 266 g/mol. The summed E-state index contributed by atoms with van der Waals surface area (Å²) in [6.45, 7) is 5.07. The number of amides is 1. The van der Waals surface area contributed by atoms with Crippen LogP contribution in [-0.4, -0.2) is 34.5 Å². The molecule has 1 saturated heterocycles. The number of hydrogen-bond donors (Lipinski definition) is 1. The Morgan fingerprint density at radius 3 is 2.48 bits per heavy atom. The highest BCUT2D eigenvalue weighted by Gasteiger charge is 2.44. The van der Waals surface area contributed by atoms with Gasteiger partial charge in [-0.3, -0.25) is 9.59 Å². The van der Waals surface area contributed by atoms with Crippen LogP contribution >= 0.6 is 0 Å². The number of nitrogens with zero attached hydrogens (tertiary/aromatic N) is 1. The highest BCUT2D eigenvalue weighted by atomic mass is 16.4. The van der Waals surface area contributed by atoms with Crippen molar-refractivity contribution < 1.29 is 14.7 Å². The summed E-state index contributed by atoms with van der Waals surface area (Å²) in [4.78, 5) is 26.4. The molecule has 0 aromatic heterocycles. The van der Waals surface area contributed by atoms with E-state index in [4.69, 9.17) is 0 Å². The number of rotatable bonds is 5. The summed E-state index contributed by atoms with van der Waals surface area (Å²) in [6, 6.07) is 0.339. The fourth-order valence-corrected chi connectivity index (χ4v) is 4.16. The molecule has 0 spiro atoms. The Morgan fingerprint density at radius 1 is 1.14 bits per heavy atom. The number of carbonyl (C=O) groups is 2. The summed E-state index contributed by atoms with van der Waals surface area (Å²) in [5, 5.41) is 9.44. The van der Waals surface area contributed by atoms with Gasteiger partial charge in [0.1, 0.15) is 0 Å². The minimum Gasteiger partial charge on any atom is -0.481 e. The summed E-state index contributed by atoms with van der Waals surface area (Å²) in [7, 11) is 0. The molecule has 0 aromatic carbocycles. The Bertz CT molecular complexity index is 380. The van der Waals surface area contributed by atoms with Crippen LogP contribution in [0.2, 0.25) is 0 Å². The van der Waals surface area contributed by atoms with E-state index in [9.17, 15) is 14.7 Å². The Labute approximate surface area is 127 Å². The maximum absolute atomic E-state index is 12.9. The molecule has 2 fully saturated rings. The molecule has 1 saturated carbocycles. The monoisotopic (exact) mass is 295 g/mol. The lowest BCUT2D eigenvalue weighted by atomic mass is 9.91. The number of carboxylic acids is 1. The van der Waals surface area contributed by atoms with E-state index in [2.05, 4.69) is 13.8 Å². The molecule has 0 bridgehead atoms. The summed E-state index contributed by atoms with van der Waals surface area (Å²) >= 11 is 0. The van der Waals surface area contributed by atoms with E-state index in [1.807, 2.05) is 4.90 Å². The predicted molar refractivity (Wildman–Crippen MR) is 81.9 cm³/mol. The number of likely N-dealkylation sites (tertiary alicyclic amines) is 1. The average Bonchev–Trinajstić information content (AvgIpc) is 2.92. The molecule has 2 rings (SSSR count). The van der Waals surface area contributed by atoms with E-state index in [1.165, 1.54) is 6.42 Å². The molecule has 120 valence electrons. The Morgan fingerprint density at radius 2 is 1.86 bits per heavy atom. The minimum atomic E-state index is -0.784. The van der Waals surface area contributed by atoms with Crippen LogP contribution in [0.4, 0.5) is 0 Å². The molecular formula is C17H29NO3. The van der Waals surface area contributed by atoms with Gasteiger partial charge in [0.05, 0.1) is 11.8 Å². The van der Waals surface area contributed by atoms with Crippen molar-refractivity contribution in [1.29, 1.82) is 0 Å². The van der Waals surface area contributed by atoms with Crippen molar-refractivity contribution in [2.75, 3.05) is 6.54 Å². The molecule has 4 unspecified atom stereocenters. The van der Waals surface area contributed by atoms with Crippen molar-refractivity contribution in [2.45, 2.75) is 71.3 Å². The second-order valence-corrected chi connectivity index (χ2v) is 6.77. The zero-order valence-electron chi connectivity index (χ0n) is 13.4. The van der Waals surface area contributed by atoms with E-state index in [0.717, 1.165) is 45.1 Å². The van der Waals surface area contributed by atoms with E-state index in [-0.39, 0.29) is 11.8 Å². The number of hydrogen-bond acceptors (Lipinski definition) is 2. The number of piperidine rings is 1. The first-order valence-corrected chi connectivity index (χ1v) is 8.61. The van der Waals surface area contributed by atoms with Crippen molar-refractivity contribution in [2.24, 2.45) is 17.8 Å². The number of carbonyl (C=O) groups excluding carboxylic acids is 1. The first-order valence-electron chi connectivity index (χ1n) is 8.61. The van der Waals surface area contributed by atoms with E-state index >= 15 is 0 Å². The van der Waals surface area contributed by atoms with Gasteiger partial charge in [-0.2, -0.15) is 0 Å². The van der Waals surface area contributed by atoms with Gasteiger partial charge in [0.15, 0.2) is 0 Å². The van der Waals surface area contributed by atoms with Crippen molar-refractivity contribution in [1.82, 2.24) is 4.90 Å². The van der Waals surface area contributed by atoms with Gasteiger partial charge in [-0.05, 0) is 44.4 Å². The Hall–Kier alpha value is -1.06. The standard InChI is InChI=1S/C17H29NO3/c1-3-7-13-8-5-6-9-18(13)16(19)14-10-12(4-2)11-15(14)17(20)21/h12-15H,3-11H2,1-2H3,(H,20,21). The molecule has 0 radical (unpaired) electrons. The zero-order valence-corrected chi connectivity index (χ0v) is 13.4. The van der Waals surface area contributed by atoms with Gasteiger partial charge in [-0.15, -0.1) is 0 Å². The molecule has 1 heterocycles. The molecule has 1 N–H and O–H groups in total. The topological polar surface area (TPSA) is 57.6 Å². The second kappa shape index (κ2) is 7.28. The van der Waals surface area contributed by atoms with Gasteiger partial charge in [0, 0.05) is 12.6 Å². The van der Waals surface area contributed by atoms with Crippen molar-refractivity contribution in [3.63, 3.8) is 0 Å². The van der Waals surface area contributed by atoms with Gasteiger partial charge in [0.2, 0.25) is 5.91 Å². The smallest absolute Gasteiger partial charge is 0.307 e. The third-order valence-corrected chi connectivity index (χ3v) is 5.40. The van der Waals surface area contributed by atoms with Gasteiger partial charge in [0.25, 0.3) is 0 Å². The average molecular weight is 295 g/mol. The fourth-order valence-electron chi connectivity index (χ4n) is 4.16. The van der Waals surface area contributed by atoms with Crippen LogP contribution in [0.5, 0.6) is 0 Å². The quantitative estimate of drug-likeness (QED) is 0.846. The molecule has 1 amide bonds. The highest BCUT2D eigenvalue weighted by Crippen LogP contribution is 2.40. The molecule has 4 nitrogen and oxygen atoms in total. The lowest BCUT2D eigenvalue weighted by Crippen LogP contribution is -2.47. The molecule has 1 aliphatic carbocycles. The maximum atomic E-state index is 12.9. The van der Waals surface area contributed by atoms with Gasteiger partial charge in [-0.25, -0.2) is 0 Å². The van der Waals surface area contributed by atoms with Crippen molar-refractivity contribution in [3.05, 3.63) is 0 Å². The summed E-state index contributed by atoms with van der Waals surface area (Å²) < 4.78 is 0. The first kappa shape index (κ1) is 16.3. The lowest BCUT2D eigenvalue weighted by molar-refractivity contribution is -0.150. The predicted octanol–water partition coefficient (Wildman–Crippen LogP) is 3.30. The largest absolute Gasteiger partial charge is 0.481 e. The lowest BCUT2D eigenvalue weighted by Gasteiger charge is -2.38. The second-order valence-electron chi connectivity index (χ2n) is 6.77. The fraction of sp³-hybridized carbons (Fsp3) is 0.882. The summed E-state index contributed by atoms with van der Waals surface area (Å²) in [5.74, 6) is -1.02. The molecule has 4 atom stereocenters. The Balaban J connectivity index is 2.10. The van der Waals surface area contributed by atoms with Crippen molar-refractivity contribution >= 4 is 11.9 Å². The minimum absolute atomic E-state index is 0.122. The van der Waals surface area contributed by atoms with Crippen LogP contribution in [0.15, 0.2) is 0 Å². The first-order chi connectivity index (χ1) is 10.1. The molecule has 0 aromatic rings. The third-order valence-electron chi connectivity index (χ3n) is 5.40. The van der Waals surface area contributed by atoms with Crippen LogP contribution in [0, 0.1) is 17.8 Å². The molecule has 4 heteroatoms. The van der Waals surface area contributed by atoms with Crippen LogP contribution < -0.4 is 0 Å². The summed E-state index contributed by atoms with van der Waals surface area (Å²) in [6.07, 6.45) is 7.89. The Kier molecular flexibility index (Phi) is 5.65. The van der Waals surface area contributed by atoms with E-state index in [0.29, 0.717) is 18.4 Å². The normalized spacial score (nSPS) is 33.1. The maximum Gasteiger partial charge on any atom is 0.307 e. The number of carboxylic acid groups (broad SMARTS) is 1. The van der Waals surface area contributed by atoms with Crippen LogP contribution in [0.1, 0.15) is 65.2 Å². The van der Waals surface area contributed by atoms with Gasteiger partial charge in [-0.1, -0.05) is 26.7 Å². The van der Waals surface area contributed by atoms with Crippen LogP contribution in [-0.2, 0) is 9.59 Å². The van der Waals surface area contributed by atoms with Gasteiger partial charge >= 0.3 is 5.97 Å². The molecule has 1 aliphatic heterocycles. The van der Waals surface area contributed by atoms with E-state index in [1.54, 1.807) is 0 Å². The van der Waals surface area contributed by atoms with Crippen LogP contribution in [0.25, 0.3) is 0 Å². The van der Waals surface area contributed by atoms with Crippen LogP contribution in [0.3, 0.4) is 0 Å². The van der Waals surface area contributed by atoms with E-state index < -0.39 is 11.9 Å². The highest BCUT2D eigenvalue weighted by molar-refractivity contribution is 5.85. The molecule has 2 aliphatic rings. The molecule has 21 heavy (non-hydrogen) atoms. The SMILES string of the molecule is CCCC1CCCCN1C(=O)C1CC(CC)CC1C(=O)O. The summed E-state index contributed by atoms with van der Waals surface area (Å²) in [5.41, 5.74) is 0. The number of aliphatic carboxylic acids is 1.